The molecule has 0 bridgehead atoms. The monoisotopic (exact) mass is 313 g/mol. The summed E-state index contributed by atoms with van der Waals surface area (Å²) in [6.07, 6.45) is 4.05. The van der Waals surface area contributed by atoms with E-state index in [1.165, 1.54) is 0 Å². The molecule has 1 aromatic heterocycles. The van der Waals surface area contributed by atoms with Crippen LogP contribution in [0.5, 0.6) is 0 Å². The molecule has 1 heterocycles. The second-order valence-electron chi connectivity index (χ2n) is 5.49. The summed E-state index contributed by atoms with van der Waals surface area (Å²) in [5.74, 6) is -0.597. The number of aromatic nitrogens is 2. The van der Waals surface area contributed by atoms with E-state index in [2.05, 4.69) is 15.5 Å². The predicted molar refractivity (Wildman–Crippen MR) is 85.6 cm³/mol. The lowest BCUT2D eigenvalue weighted by molar-refractivity contribution is 0.0526. The van der Waals surface area contributed by atoms with E-state index in [1.54, 1.807) is 31.2 Å². The van der Waals surface area contributed by atoms with Gasteiger partial charge in [-0.05, 0) is 56.9 Å². The van der Waals surface area contributed by atoms with Gasteiger partial charge >= 0.3 is 5.97 Å². The molecular weight excluding hydrogens is 294 g/mol. The van der Waals surface area contributed by atoms with Crippen LogP contribution in [0.3, 0.4) is 0 Å². The highest BCUT2D eigenvalue weighted by Gasteiger charge is 2.21. The Labute approximate surface area is 134 Å². The highest BCUT2D eigenvalue weighted by Crippen LogP contribution is 2.23. The molecule has 0 saturated heterocycles. The Balaban J connectivity index is 1.71. The molecule has 0 unspecified atom stereocenters. The Hall–Kier alpha value is -2.63. The Kier molecular flexibility index (Phi) is 4.41. The van der Waals surface area contributed by atoms with Crippen molar-refractivity contribution in [2.75, 3.05) is 11.9 Å². The molecule has 6 heteroatoms. The number of carbonyl (C=O) groups excluding carboxylic acids is 2. The van der Waals surface area contributed by atoms with Crippen molar-refractivity contribution >= 4 is 17.6 Å². The van der Waals surface area contributed by atoms with Gasteiger partial charge in [-0.1, -0.05) is 0 Å². The maximum Gasteiger partial charge on any atom is 0.338 e. The number of esters is 1. The molecule has 2 aromatic rings. The number of anilines is 1. The molecule has 0 spiro atoms. The molecule has 1 aromatic carbocycles. The SMILES string of the molecule is CCOC(=O)c1ccc(NC(=O)c2n[nH]c3c2CCCC3)cc1. The first-order valence-corrected chi connectivity index (χ1v) is 7.83. The molecule has 1 aliphatic rings. The summed E-state index contributed by atoms with van der Waals surface area (Å²) in [5.41, 5.74) is 3.64. The van der Waals surface area contributed by atoms with E-state index >= 15 is 0 Å². The zero-order valence-corrected chi connectivity index (χ0v) is 13.0. The molecule has 1 aliphatic carbocycles. The maximum atomic E-state index is 12.4. The van der Waals surface area contributed by atoms with E-state index in [1.807, 2.05) is 0 Å². The van der Waals surface area contributed by atoms with Crippen LogP contribution >= 0.6 is 0 Å². The molecule has 0 radical (unpaired) electrons. The average molecular weight is 313 g/mol. The van der Waals surface area contributed by atoms with Crippen molar-refractivity contribution in [3.05, 3.63) is 46.8 Å². The summed E-state index contributed by atoms with van der Waals surface area (Å²) in [6.45, 7) is 2.10. The van der Waals surface area contributed by atoms with Gasteiger partial charge in [0.1, 0.15) is 0 Å². The first-order chi connectivity index (χ1) is 11.2. The van der Waals surface area contributed by atoms with Crippen LogP contribution in [0.4, 0.5) is 5.69 Å². The average Bonchev–Trinajstić information content (AvgIpc) is 3.00. The van der Waals surface area contributed by atoms with E-state index in [0.717, 1.165) is 36.9 Å². The van der Waals surface area contributed by atoms with Crippen LogP contribution in [0, 0.1) is 0 Å². The summed E-state index contributed by atoms with van der Waals surface area (Å²) >= 11 is 0. The summed E-state index contributed by atoms with van der Waals surface area (Å²) in [6, 6.07) is 6.63. The Morgan fingerprint density at radius 3 is 2.70 bits per heavy atom. The fraction of sp³-hybridized carbons (Fsp3) is 0.353. The largest absolute Gasteiger partial charge is 0.462 e. The third-order valence-electron chi connectivity index (χ3n) is 3.93. The van der Waals surface area contributed by atoms with E-state index in [-0.39, 0.29) is 11.9 Å². The van der Waals surface area contributed by atoms with Gasteiger partial charge in [0.2, 0.25) is 0 Å². The van der Waals surface area contributed by atoms with Crippen LogP contribution in [-0.4, -0.2) is 28.7 Å². The number of amides is 1. The van der Waals surface area contributed by atoms with Gasteiger partial charge in [0.15, 0.2) is 5.69 Å². The minimum atomic E-state index is -0.369. The zero-order valence-electron chi connectivity index (χ0n) is 13.0. The topological polar surface area (TPSA) is 84.1 Å². The number of aromatic amines is 1. The summed E-state index contributed by atoms with van der Waals surface area (Å²) in [7, 11) is 0. The van der Waals surface area contributed by atoms with Crippen molar-refractivity contribution in [3.63, 3.8) is 0 Å². The molecule has 0 fully saturated rings. The number of fused-ring (bicyclic) bond motifs is 1. The van der Waals surface area contributed by atoms with Crippen LogP contribution in [0.1, 0.15) is 51.9 Å². The number of aryl methyl sites for hydroxylation is 1. The second kappa shape index (κ2) is 6.64. The number of nitrogens with zero attached hydrogens (tertiary/aromatic N) is 1. The summed E-state index contributed by atoms with van der Waals surface area (Å²) in [5, 5.41) is 9.93. The van der Waals surface area contributed by atoms with Crippen molar-refractivity contribution < 1.29 is 14.3 Å². The van der Waals surface area contributed by atoms with Crippen LogP contribution in [0.25, 0.3) is 0 Å². The number of ether oxygens (including phenoxy) is 1. The first kappa shape index (κ1) is 15.3. The lowest BCUT2D eigenvalue weighted by Crippen LogP contribution is -2.15. The molecule has 0 saturated carbocycles. The molecular formula is C17H19N3O3. The Morgan fingerprint density at radius 2 is 1.96 bits per heavy atom. The molecule has 3 rings (SSSR count). The van der Waals surface area contributed by atoms with E-state index < -0.39 is 0 Å². The minimum Gasteiger partial charge on any atom is -0.462 e. The number of hydrogen-bond acceptors (Lipinski definition) is 4. The van der Waals surface area contributed by atoms with Gasteiger partial charge in [0.25, 0.3) is 5.91 Å². The normalized spacial score (nSPS) is 13.3. The second-order valence-corrected chi connectivity index (χ2v) is 5.49. The van der Waals surface area contributed by atoms with Gasteiger partial charge in [-0.3, -0.25) is 9.89 Å². The van der Waals surface area contributed by atoms with Crippen LogP contribution < -0.4 is 5.32 Å². The van der Waals surface area contributed by atoms with Crippen molar-refractivity contribution in [2.45, 2.75) is 32.6 Å². The van der Waals surface area contributed by atoms with Crippen LogP contribution in [0.2, 0.25) is 0 Å². The smallest absolute Gasteiger partial charge is 0.338 e. The molecule has 120 valence electrons. The van der Waals surface area contributed by atoms with Crippen molar-refractivity contribution in [2.24, 2.45) is 0 Å². The van der Waals surface area contributed by atoms with Gasteiger partial charge in [0.05, 0.1) is 12.2 Å². The summed E-state index contributed by atoms with van der Waals surface area (Å²) in [4.78, 5) is 24.0. The van der Waals surface area contributed by atoms with Gasteiger partial charge < -0.3 is 10.1 Å². The fourth-order valence-corrected chi connectivity index (χ4v) is 2.76. The maximum absolute atomic E-state index is 12.4. The van der Waals surface area contributed by atoms with Crippen molar-refractivity contribution in [1.82, 2.24) is 10.2 Å². The summed E-state index contributed by atoms with van der Waals surface area (Å²) < 4.78 is 4.93. The number of carbonyl (C=O) groups is 2. The van der Waals surface area contributed by atoms with E-state index in [4.69, 9.17) is 4.74 Å². The molecule has 6 nitrogen and oxygen atoms in total. The van der Waals surface area contributed by atoms with Crippen molar-refractivity contribution in [3.8, 4) is 0 Å². The van der Waals surface area contributed by atoms with Gasteiger partial charge in [-0.15, -0.1) is 0 Å². The molecule has 23 heavy (non-hydrogen) atoms. The van der Waals surface area contributed by atoms with Crippen LogP contribution in [-0.2, 0) is 17.6 Å². The van der Waals surface area contributed by atoms with E-state index in [9.17, 15) is 9.59 Å². The first-order valence-electron chi connectivity index (χ1n) is 7.83. The molecule has 0 atom stereocenters. The van der Waals surface area contributed by atoms with Crippen molar-refractivity contribution in [1.29, 1.82) is 0 Å². The highest BCUT2D eigenvalue weighted by molar-refractivity contribution is 6.04. The third kappa shape index (κ3) is 3.26. The molecule has 2 N–H and O–H groups in total. The van der Waals surface area contributed by atoms with Gasteiger partial charge in [-0.2, -0.15) is 5.10 Å². The minimum absolute atomic E-state index is 0.228. The third-order valence-corrected chi connectivity index (χ3v) is 3.93. The zero-order chi connectivity index (χ0) is 16.2. The van der Waals surface area contributed by atoms with E-state index in [0.29, 0.717) is 23.6 Å². The fourth-order valence-electron chi connectivity index (χ4n) is 2.76. The van der Waals surface area contributed by atoms with Gasteiger partial charge in [-0.25, -0.2) is 4.79 Å². The van der Waals surface area contributed by atoms with Crippen LogP contribution in [0.15, 0.2) is 24.3 Å². The number of rotatable bonds is 4. The standard InChI is InChI=1S/C17H19N3O3/c1-2-23-17(22)11-7-9-12(10-8-11)18-16(21)15-13-5-3-4-6-14(13)19-20-15/h7-10H,2-6H2,1H3,(H,18,21)(H,19,20). The number of nitrogens with one attached hydrogen (secondary N) is 2. The lowest BCUT2D eigenvalue weighted by atomic mass is 9.96. The number of hydrogen-bond donors (Lipinski definition) is 2. The number of benzene rings is 1. The molecule has 1 amide bonds. The number of H-pyrrole nitrogens is 1. The predicted octanol–water partition coefficient (Wildman–Crippen LogP) is 2.72. The lowest BCUT2D eigenvalue weighted by Gasteiger charge is -2.11. The van der Waals surface area contributed by atoms with Gasteiger partial charge in [0, 0.05) is 16.9 Å². The Morgan fingerprint density at radius 1 is 1.22 bits per heavy atom. The Bertz CT molecular complexity index is 719. The highest BCUT2D eigenvalue weighted by atomic mass is 16.5. The quantitative estimate of drug-likeness (QED) is 0.850. The molecule has 0 aliphatic heterocycles.